The molecule has 1 aromatic carbocycles. The highest BCUT2D eigenvalue weighted by atomic mass is 16.5. The van der Waals surface area contributed by atoms with Crippen LogP contribution in [0.15, 0.2) is 30.3 Å². The fourth-order valence-electron chi connectivity index (χ4n) is 2.51. The number of nitrogens with one attached hydrogen (secondary N) is 2. The molecular weight excluding hydrogens is 200 g/mol. The standard InChI is InChI=1S/C13H16N2O/c1-13-8-9(7-12(14-2)15-13)10-5-3-4-6-11(10)16-13/h3-7,12,14-15H,8H2,1-2H3. The molecule has 2 aliphatic heterocycles. The summed E-state index contributed by atoms with van der Waals surface area (Å²) in [6.07, 6.45) is 3.34. The number of para-hydroxylation sites is 1. The first-order valence-electron chi connectivity index (χ1n) is 5.64. The summed E-state index contributed by atoms with van der Waals surface area (Å²) in [6.45, 7) is 2.10. The first-order valence-corrected chi connectivity index (χ1v) is 5.64. The van der Waals surface area contributed by atoms with Crippen LogP contribution in [0.25, 0.3) is 5.57 Å². The minimum atomic E-state index is -0.286. The molecule has 2 unspecified atom stereocenters. The van der Waals surface area contributed by atoms with E-state index in [1.165, 1.54) is 11.1 Å². The van der Waals surface area contributed by atoms with Gasteiger partial charge in [-0.3, -0.25) is 5.32 Å². The van der Waals surface area contributed by atoms with Crippen molar-refractivity contribution in [2.45, 2.75) is 25.2 Å². The summed E-state index contributed by atoms with van der Waals surface area (Å²) < 4.78 is 6.03. The Balaban J connectivity index is 2.12. The zero-order valence-electron chi connectivity index (χ0n) is 9.58. The molecule has 0 amide bonds. The summed E-state index contributed by atoms with van der Waals surface area (Å²) in [7, 11) is 1.95. The van der Waals surface area contributed by atoms with Gasteiger partial charge in [0, 0.05) is 12.0 Å². The first-order chi connectivity index (χ1) is 7.70. The molecule has 0 fully saturated rings. The van der Waals surface area contributed by atoms with Gasteiger partial charge in [-0.15, -0.1) is 0 Å². The van der Waals surface area contributed by atoms with Gasteiger partial charge in [-0.25, -0.2) is 0 Å². The smallest absolute Gasteiger partial charge is 0.163 e. The van der Waals surface area contributed by atoms with Gasteiger partial charge < -0.3 is 10.1 Å². The molecule has 2 N–H and O–H groups in total. The van der Waals surface area contributed by atoms with E-state index < -0.39 is 0 Å². The van der Waals surface area contributed by atoms with Crippen LogP contribution in [0.5, 0.6) is 5.75 Å². The van der Waals surface area contributed by atoms with Crippen molar-refractivity contribution in [3.63, 3.8) is 0 Å². The molecule has 16 heavy (non-hydrogen) atoms. The van der Waals surface area contributed by atoms with E-state index in [4.69, 9.17) is 4.74 Å². The molecule has 3 rings (SSSR count). The van der Waals surface area contributed by atoms with Gasteiger partial charge in [0.2, 0.25) is 0 Å². The van der Waals surface area contributed by atoms with Crippen molar-refractivity contribution >= 4 is 5.57 Å². The Labute approximate surface area is 95.5 Å². The van der Waals surface area contributed by atoms with Crippen molar-refractivity contribution in [2.24, 2.45) is 0 Å². The van der Waals surface area contributed by atoms with Crippen molar-refractivity contribution in [1.82, 2.24) is 10.6 Å². The van der Waals surface area contributed by atoms with Crippen LogP contribution in [-0.2, 0) is 0 Å². The van der Waals surface area contributed by atoms with Crippen LogP contribution < -0.4 is 15.4 Å². The molecular formula is C13H16N2O. The Hall–Kier alpha value is -1.32. The maximum atomic E-state index is 6.03. The van der Waals surface area contributed by atoms with Gasteiger partial charge in [0.1, 0.15) is 5.75 Å². The van der Waals surface area contributed by atoms with Crippen LogP contribution in [-0.4, -0.2) is 18.9 Å². The molecule has 2 aliphatic rings. The lowest BCUT2D eigenvalue weighted by Gasteiger charge is -2.43. The number of fused-ring (bicyclic) bond motifs is 4. The molecule has 1 aromatic rings. The van der Waals surface area contributed by atoms with Crippen molar-refractivity contribution in [3.8, 4) is 5.75 Å². The van der Waals surface area contributed by atoms with Crippen LogP contribution in [0, 0.1) is 0 Å². The third-order valence-corrected chi connectivity index (χ3v) is 3.24. The number of likely N-dealkylation sites (N-methyl/N-ethyl adjacent to an activating group) is 1. The maximum absolute atomic E-state index is 6.03. The molecule has 0 aliphatic carbocycles. The summed E-state index contributed by atoms with van der Waals surface area (Å²) in [4.78, 5) is 0. The maximum Gasteiger partial charge on any atom is 0.163 e. The summed E-state index contributed by atoms with van der Waals surface area (Å²) in [5, 5.41) is 6.66. The molecule has 2 bridgehead atoms. The van der Waals surface area contributed by atoms with Gasteiger partial charge in [0.05, 0.1) is 6.17 Å². The quantitative estimate of drug-likeness (QED) is 0.750. The second kappa shape index (κ2) is 3.34. The van der Waals surface area contributed by atoms with E-state index in [9.17, 15) is 0 Å². The minimum absolute atomic E-state index is 0.183. The molecule has 0 saturated heterocycles. The van der Waals surface area contributed by atoms with Gasteiger partial charge >= 0.3 is 0 Å². The molecule has 84 valence electrons. The summed E-state index contributed by atoms with van der Waals surface area (Å²) in [5.74, 6) is 0.976. The molecule has 2 heterocycles. The van der Waals surface area contributed by atoms with Crippen molar-refractivity contribution in [1.29, 1.82) is 0 Å². The van der Waals surface area contributed by atoms with E-state index in [-0.39, 0.29) is 11.9 Å². The Morgan fingerprint density at radius 1 is 1.44 bits per heavy atom. The molecule has 3 heteroatoms. The highest BCUT2D eigenvalue weighted by Crippen LogP contribution is 2.41. The zero-order valence-corrected chi connectivity index (χ0v) is 9.58. The summed E-state index contributed by atoms with van der Waals surface area (Å²) in [5.41, 5.74) is 2.30. The Morgan fingerprint density at radius 3 is 3.06 bits per heavy atom. The lowest BCUT2D eigenvalue weighted by atomic mass is 9.89. The third-order valence-electron chi connectivity index (χ3n) is 3.24. The van der Waals surface area contributed by atoms with E-state index >= 15 is 0 Å². The van der Waals surface area contributed by atoms with Gasteiger partial charge in [0.15, 0.2) is 5.72 Å². The Morgan fingerprint density at radius 2 is 2.25 bits per heavy atom. The highest BCUT2D eigenvalue weighted by Gasteiger charge is 2.38. The highest BCUT2D eigenvalue weighted by molar-refractivity contribution is 5.74. The Bertz CT molecular complexity index is 455. The van der Waals surface area contributed by atoms with E-state index in [0.717, 1.165) is 12.2 Å². The predicted octanol–water partition coefficient (Wildman–Crippen LogP) is 1.72. The molecule has 0 spiro atoms. The summed E-state index contributed by atoms with van der Waals surface area (Å²) >= 11 is 0. The molecule has 0 saturated carbocycles. The fraction of sp³-hybridized carbons (Fsp3) is 0.385. The topological polar surface area (TPSA) is 33.3 Å². The first kappa shape index (κ1) is 9.87. The monoisotopic (exact) mass is 216 g/mol. The number of ether oxygens (including phenoxy) is 1. The van der Waals surface area contributed by atoms with E-state index in [1.807, 2.05) is 19.2 Å². The van der Waals surface area contributed by atoms with E-state index in [2.05, 4.69) is 35.8 Å². The largest absolute Gasteiger partial charge is 0.472 e. The van der Waals surface area contributed by atoms with Gasteiger partial charge in [-0.2, -0.15) is 0 Å². The van der Waals surface area contributed by atoms with Crippen LogP contribution in [0.1, 0.15) is 18.9 Å². The third kappa shape index (κ3) is 1.44. The van der Waals surface area contributed by atoms with E-state index in [0.29, 0.717) is 0 Å². The van der Waals surface area contributed by atoms with Crippen LogP contribution >= 0.6 is 0 Å². The second-order valence-electron chi connectivity index (χ2n) is 4.61. The molecule has 0 aromatic heterocycles. The van der Waals surface area contributed by atoms with Gasteiger partial charge in [0.25, 0.3) is 0 Å². The predicted molar refractivity (Wildman–Crippen MR) is 64.1 cm³/mol. The lowest BCUT2D eigenvalue weighted by Crippen LogP contribution is -2.59. The normalized spacial score (nSPS) is 31.4. The SMILES string of the molecule is CNC1C=C2CC(C)(N1)Oc1ccccc12. The second-order valence-corrected chi connectivity index (χ2v) is 4.61. The number of hydrogen-bond donors (Lipinski definition) is 2. The zero-order chi connectivity index (χ0) is 11.2. The molecule has 3 nitrogen and oxygen atoms in total. The van der Waals surface area contributed by atoms with Crippen molar-refractivity contribution < 1.29 is 4.74 Å². The average molecular weight is 216 g/mol. The minimum Gasteiger partial charge on any atom is -0.472 e. The van der Waals surface area contributed by atoms with Crippen molar-refractivity contribution in [3.05, 3.63) is 35.9 Å². The van der Waals surface area contributed by atoms with Crippen LogP contribution in [0.4, 0.5) is 0 Å². The lowest BCUT2D eigenvalue weighted by molar-refractivity contribution is 0.0344. The molecule has 0 radical (unpaired) electrons. The number of benzene rings is 1. The van der Waals surface area contributed by atoms with Gasteiger partial charge in [-0.1, -0.05) is 18.2 Å². The summed E-state index contributed by atoms with van der Waals surface area (Å²) in [6, 6.07) is 8.22. The average Bonchev–Trinajstić information content (AvgIpc) is 2.27. The number of hydrogen-bond acceptors (Lipinski definition) is 3. The molecule has 2 atom stereocenters. The number of rotatable bonds is 1. The van der Waals surface area contributed by atoms with Crippen LogP contribution in [0.3, 0.4) is 0 Å². The van der Waals surface area contributed by atoms with Crippen LogP contribution in [0.2, 0.25) is 0 Å². The van der Waals surface area contributed by atoms with Crippen molar-refractivity contribution in [2.75, 3.05) is 7.05 Å². The fourth-order valence-corrected chi connectivity index (χ4v) is 2.51. The van der Waals surface area contributed by atoms with E-state index in [1.54, 1.807) is 0 Å². The Kier molecular flexibility index (Phi) is 2.06. The van der Waals surface area contributed by atoms with Gasteiger partial charge in [-0.05, 0) is 31.7 Å².